The number of carbonyl (C=O) groups excluding carboxylic acids is 2. The number of fused-ring (bicyclic) bond motifs is 11. The maximum absolute atomic E-state index is 14.5. The van der Waals surface area contributed by atoms with Crippen molar-refractivity contribution in [3.05, 3.63) is 170 Å². The minimum absolute atomic E-state index is 0.0162. The smallest absolute Gasteiger partial charge is 0.336 e. The molecule has 0 spiro atoms. The average Bonchev–Trinajstić information content (AvgIpc) is 3.16. The van der Waals surface area contributed by atoms with Gasteiger partial charge in [-0.1, -0.05) is 96.6 Å². The zero-order valence-corrected chi connectivity index (χ0v) is 31.7. The van der Waals surface area contributed by atoms with Crippen molar-refractivity contribution in [1.29, 1.82) is 0 Å². The number of esters is 2. The average molecular weight is 735 g/mol. The van der Waals surface area contributed by atoms with Gasteiger partial charge in [-0.3, -0.25) is 4.79 Å². The number of rotatable bonds is 3. The second-order valence-corrected chi connectivity index (χ2v) is 15.9. The highest BCUT2D eigenvalue weighted by molar-refractivity contribution is 5.90. The van der Waals surface area contributed by atoms with Crippen molar-refractivity contribution < 1.29 is 28.2 Å². The molecule has 5 aromatic rings. The van der Waals surface area contributed by atoms with E-state index in [-0.39, 0.29) is 29.8 Å². The van der Waals surface area contributed by atoms with Gasteiger partial charge in [-0.05, 0) is 105 Å². The summed E-state index contributed by atoms with van der Waals surface area (Å²) in [6.07, 6.45) is 5.24. The predicted octanol–water partition coefficient (Wildman–Crippen LogP) is 9.87. The highest BCUT2D eigenvalue weighted by atomic mass is 16.6. The fraction of sp³-hybridized carbons (Fsp3) is 0.312. The van der Waals surface area contributed by atoms with Gasteiger partial charge in [0.2, 0.25) is 0 Å². The molecule has 280 valence electrons. The Hall–Kier alpha value is -5.69. The van der Waals surface area contributed by atoms with Crippen molar-refractivity contribution in [3.63, 3.8) is 0 Å². The van der Waals surface area contributed by atoms with Crippen LogP contribution in [0.2, 0.25) is 0 Å². The van der Waals surface area contributed by atoms with Gasteiger partial charge in [-0.2, -0.15) is 0 Å². The molecule has 4 aromatic carbocycles. The number of ether oxygens (including phenoxy) is 3. The number of hydrogen-bond donors (Lipinski definition) is 0. The first-order valence-corrected chi connectivity index (χ1v) is 19.2. The zero-order valence-electron chi connectivity index (χ0n) is 31.7. The molecule has 3 aliphatic heterocycles. The molecule has 0 unspecified atom stereocenters. The van der Waals surface area contributed by atoms with Crippen molar-refractivity contribution in [3.8, 4) is 5.75 Å². The van der Waals surface area contributed by atoms with Crippen LogP contribution in [0.5, 0.6) is 5.75 Å². The van der Waals surface area contributed by atoms with E-state index in [2.05, 4.69) is 84.9 Å². The lowest BCUT2D eigenvalue weighted by molar-refractivity contribution is -0.188. The Morgan fingerprint density at radius 1 is 0.764 bits per heavy atom. The molecule has 55 heavy (non-hydrogen) atoms. The lowest BCUT2D eigenvalue weighted by Gasteiger charge is -2.43. The summed E-state index contributed by atoms with van der Waals surface area (Å²) in [4.78, 5) is 41.2. The van der Waals surface area contributed by atoms with E-state index in [1.807, 2.05) is 33.8 Å². The third kappa shape index (κ3) is 7.53. The SMILES string of the molecule is CC(C)=C1CCc2ccc(cc2)[C@H]2C=C[C@@H](c3cccc(Cc4ccccc4)c3)C[C@H]2CC(=O)O[C@H]2c3c(ccc4ccc(=O)oc34)OC(C)(C)[C@H]2OC1=O. The molecule has 4 aliphatic rings. The Morgan fingerprint density at radius 2 is 1.53 bits per heavy atom. The standard InChI is InChI=1S/C48H46O7/c1-29(2)38-21-15-30-13-16-33(17-14-30)39-22-18-36(35-12-8-11-32(26-35)25-31-9-6-5-7-10-31)27-37(39)28-42(50)53-45-43-40(55-48(3,4)46(45)54-47(38)51)23-19-34-20-24-41(49)52-44(34)43/h5-14,16-20,22-24,26,36-37,39,45-46H,15,21,25,27-28H2,1-4H3/t36-,37+,39-,45+,46+/m1/s1. The molecular weight excluding hydrogens is 689 g/mol. The number of aryl methyl sites for hydroxylation is 1. The van der Waals surface area contributed by atoms with E-state index >= 15 is 0 Å². The van der Waals surface area contributed by atoms with Crippen molar-refractivity contribution in [2.24, 2.45) is 5.92 Å². The van der Waals surface area contributed by atoms with Gasteiger partial charge in [-0.15, -0.1) is 0 Å². The van der Waals surface area contributed by atoms with Crippen LogP contribution >= 0.6 is 0 Å². The Kier molecular flexibility index (Phi) is 9.80. The molecule has 0 fully saturated rings. The van der Waals surface area contributed by atoms with E-state index < -0.39 is 35.4 Å². The number of allylic oxidation sites excluding steroid dienone is 3. The van der Waals surface area contributed by atoms with Crippen LogP contribution in [0.25, 0.3) is 11.0 Å². The quantitative estimate of drug-likeness (QED) is 0.0789. The molecule has 7 nitrogen and oxygen atoms in total. The van der Waals surface area contributed by atoms with E-state index in [4.69, 9.17) is 18.6 Å². The van der Waals surface area contributed by atoms with Crippen molar-refractivity contribution in [2.75, 3.05) is 0 Å². The molecule has 1 aliphatic carbocycles. The molecule has 0 saturated heterocycles. The van der Waals surface area contributed by atoms with Crippen molar-refractivity contribution in [1.82, 2.24) is 0 Å². The van der Waals surface area contributed by atoms with E-state index in [0.29, 0.717) is 35.1 Å². The minimum Gasteiger partial charge on any atom is -0.483 e. The molecule has 5 atom stereocenters. The van der Waals surface area contributed by atoms with Gasteiger partial charge in [0.15, 0.2) is 12.2 Å². The lowest BCUT2D eigenvalue weighted by atomic mass is 9.72. The number of benzene rings is 4. The third-order valence-electron chi connectivity index (χ3n) is 11.5. The Balaban J connectivity index is 1.19. The van der Waals surface area contributed by atoms with Crippen molar-refractivity contribution >= 4 is 22.9 Å². The first kappa shape index (κ1) is 36.3. The van der Waals surface area contributed by atoms with Crippen LogP contribution in [0.3, 0.4) is 0 Å². The second-order valence-electron chi connectivity index (χ2n) is 15.9. The largest absolute Gasteiger partial charge is 0.483 e. The van der Waals surface area contributed by atoms with E-state index in [0.717, 1.165) is 29.5 Å². The van der Waals surface area contributed by atoms with Crippen LogP contribution in [0, 0.1) is 5.92 Å². The summed E-state index contributed by atoms with van der Waals surface area (Å²) in [5.41, 5.74) is 6.32. The van der Waals surface area contributed by atoms with Gasteiger partial charge in [0.1, 0.15) is 16.9 Å². The normalized spacial score (nSPS) is 23.5. The molecular formula is C48H46O7. The zero-order chi connectivity index (χ0) is 38.3. The van der Waals surface area contributed by atoms with Crippen LogP contribution in [0.15, 0.2) is 136 Å². The topological polar surface area (TPSA) is 92.0 Å². The number of carbonyl (C=O) groups is 2. The van der Waals surface area contributed by atoms with Crippen LogP contribution < -0.4 is 10.4 Å². The van der Waals surface area contributed by atoms with Gasteiger partial charge >= 0.3 is 17.6 Å². The fourth-order valence-corrected chi connectivity index (χ4v) is 8.57. The minimum atomic E-state index is -1.10. The lowest BCUT2D eigenvalue weighted by Crippen LogP contribution is -2.52. The molecule has 0 amide bonds. The molecule has 1 aromatic heterocycles. The summed E-state index contributed by atoms with van der Waals surface area (Å²) < 4.78 is 25.1. The maximum Gasteiger partial charge on any atom is 0.336 e. The van der Waals surface area contributed by atoms with E-state index in [1.165, 1.54) is 22.8 Å². The molecule has 0 N–H and O–H groups in total. The molecule has 7 heteroatoms. The van der Waals surface area contributed by atoms with E-state index in [9.17, 15) is 14.4 Å². The Morgan fingerprint density at radius 3 is 2.31 bits per heavy atom. The maximum atomic E-state index is 14.5. The third-order valence-corrected chi connectivity index (χ3v) is 11.5. The first-order chi connectivity index (χ1) is 26.5. The first-order valence-electron chi connectivity index (χ1n) is 19.2. The Labute approximate surface area is 321 Å². The van der Waals surface area contributed by atoms with Gasteiger partial charge < -0.3 is 18.6 Å². The summed E-state index contributed by atoms with van der Waals surface area (Å²) in [7, 11) is 0. The summed E-state index contributed by atoms with van der Waals surface area (Å²) in [5.74, 6) is -0.522. The van der Waals surface area contributed by atoms with Crippen LogP contribution in [0.1, 0.15) is 98.3 Å². The van der Waals surface area contributed by atoms with Gasteiger partial charge in [0.25, 0.3) is 0 Å². The highest BCUT2D eigenvalue weighted by Crippen LogP contribution is 2.48. The molecule has 0 saturated carbocycles. The predicted molar refractivity (Wildman–Crippen MR) is 212 cm³/mol. The molecule has 0 radical (unpaired) electrons. The van der Waals surface area contributed by atoms with Crippen LogP contribution in [-0.4, -0.2) is 23.6 Å². The van der Waals surface area contributed by atoms with Crippen LogP contribution in [-0.2, 0) is 31.9 Å². The number of hydrogen-bond acceptors (Lipinski definition) is 7. The second kappa shape index (κ2) is 14.9. The summed E-state index contributed by atoms with van der Waals surface area (Å²) in [5, 5.41) is 0.637. The summed E-state index contributed by atoms with van der Waals surface area (Å²) in [6.45, 7) is 7.44. The van der Waals surface area contributed by atoms with Crippen LogP contribution in [0.4, 0.5) is 0 Å². The Bertz CT molecular complexity index is 2360. The van der Waals surface area contributed by atoms with Gasteiger partial charge in [0, 0.05) is 35.3 Å². The summed E-state index contributed by atoms with van der Waals surface area (Å²) >= 11 is 0. The fourth-order valence-electron chi connectivity index (χ4n) is 8.57. The monoisotopic (exact) mass is 734 g/mol. The van der Waals surface area contributed by atoms with Gasteiger partial charge in [0.05, 0.1) is 5.56 Å². The molecule has 2 bridgehead atoms. The summed E-state index contributed by atoms with van der Waals surface area (Å²) in [6, 6.07) is 34.4. The molecule has 9 rings (SSSR count). The molecule has 4 heterocycles. The van der Waals surface area contributed by atoms with Gasteiger partial charge in [-0.25, -0.2) is 9.59 Å². The highest BCUT2D eigenvalue weighted by Gasteiger charge is 2.50. The van der Waals surface area contributed by atoms with E-state index in [1.54, 1.807) is 18.2 Å². The van der Waals surface area contributed by atoms with Crippen molar-refractivity contribution in [2.45, 2.75) is 89.4 Å².